The van der Waals surface area contributed by atoms with Crippen LogP contribution in [0.25, 0.3) is 0 Å². The van der Waals surface area contributed by atoms with Crippen molar-refractivity contribution >= 4 is 17.6 Å². The van der Waals surface area contributed by atoms with Crippen LogP contribution in [0.2, 0.25) is 0 Å². The highest BCUT2D eigenvalue weighted by atomic mass is 16.5. The molecule has 0 bridgehead atoms. The summed E-state index contributed by atoms with van der Waals surface area (Å²) in [7, 11) is 3.31. The lowest BCUT2D eigenvalue weighted by Crippen LogP contribution is -2.23. The van der Waals surface area contributed by atoms with Gasteiger partial charge in [-0.05, 0) is 65.6 Å². The monoisotopic (exact) mass is 430 g/mol. The number of aromatic nitrogens is 3. The third-order valence-corrected chi connectivity index (χ3v) is 6.56. The van der Waals surface area contributed by atoms with Crippen LogP contribution in [0.5, 0.6) is 0 Å². The largest absolute Gasteiger partial charge is 0.465 e. The summed E-state index contributed by atoms with van der Waals surface area (Å²) in [6.45, 7) is 2.69. The lowest BCUT2D eigenvalue weighted by Gasteiger charge is -2.19. The number of ether oxygens (including phenoxy) is 1. The molecule has 2 aromatic carbocycles. The van der Waals surface area contributed by atoms with Crippen LogP contribution in [-0.4, -0.2) is 33.8 Å². The van der Waals surface area contributed by atoms with Gasteiger partial charge in [-0.25, -0.2) is 4.79 Å². The molecule has 7 heteroatoms. The van der Waals surface area contributed by atoms with Crippen molar-refractivity contribution in [1.82, 2.24) is 14.8 Å². The van der Waals surface area contributed by atoms with E-state index in [9.17, 15) is 9.59 Å². The summed E-state index contributed by atoms with van der Waals surface area (Å²) >= 11 is 0. The van der Waals surface area contributed by atoms with Crippen molar-refractivity contribution in [3.05, 3.63) is 76.4 Å². The van der Waals surface area contributed by atoms with Crippen molar-refractivity contribution in [3.63, 3.8) is 0 Å². The number of carbonyl (C=O) groups is 2. The number of methoxy groups -OCH3 is 1. The van der Waals surface area contributed by atoms with Gasteiger partial charge >= 0.3 is 5.97 Å². The van der Waals surface area contributed by atoms with Gasteiger partial charge in [0.2, 0.25) is 0 Å². The number of rotatable bonds is 6. The van der Waals surface area contributed by atoms with Crippen LogP contribution in [0, 0.1) is 0 Å². The van der Waals surface area contributed by atoms with Crippen LogP contribution in [0.15, 0.2) is 42.7 Å². The van der Waals surface area contributed by atoms with E-state index < -0.39 is 5.97 Å². The fourth-order valence-corrected chi connectivity index (χ4v) is 4.52. The number of esters is 1. The molecule has 0 radical (unpaired) electrons. The number of benzene rings is 2. The Morgan fingerprint density at radius 3 is 2.75 bits per heavy atom. The van der Waals surface area contributed by atoms with Gasteiger partial charge in [0.15, 0.2) is 0 Å². The number of hydrogen-bond acceptors (Lipinski definition) is 5. The maximum atomic E-state index is 13.4. The summed E-state index contributed by atoms with van der Waals surface area (Å²) in [5.41, 5.74) is 5.25. The Hall–Kier alpha value is -3.48. The van der Waals surface area contributed by atoms with Crippen molar-refractivity contribution in [2.75, 3.05) is 12.0 Å². The first kappa shape index (κ1) is 20.4. The van der Waals surface area contributed by atoms with Gasteiger partial charge in [-0.15, -0.1) is 10.2 Å². The highest BCUT2D eigenvalue weighted by Gasteiger charge is 2.36. The first-order valence-electron chi connectivity index (χ1n) is 11.0. The lowest BCUT2D eigenvalue weighted by atomic mass is 9.96. The van der Waals surface area contributed by atoms with E-state index in [1.165, 1.54) is 7.11 Å². The normalized spacial score (nSPS) is 16.2. The fraction of sp³-hybridized carbons (Fsp3) is 0.360. The smallest absolute Gasteiger partial charge is 0.337 e. The maximum Gasteiger partial charge on any atom is 0.337 e. The first-order chi connectivity index (χ1) is 15.5. The highest BCUT2D eigenvalue weighted by Crippen LogP contribution is 2.45. The Bertz CT molecular complexity index is 1210. The molecule has 1 aromatic heterocycles. The molecular formula is C25H26N4O3. The number of fused-ring (bicyclic) bond motifs is 1. The molecule has 164 valence electrons. The van der Waals surface area contributed by atoms with E-state index in [0.717, 1.165) is 47.5 Å². The standard InChI is InChI=1S/C25H26N4O3/c1-15(9-23-27-26-14-28(23)2)17-5-4-6-19(10-17)29-13-22-20(16-7-8-16)11-18(25(31)32-3)12-21(22)24(29)30/h4-6,10-12,14-16H,7-9,13H2,1-3H3/t15-/m1/s1. The van der Waals surface area contributed by atoms with Crippen LogP contribution >= 0.6 is 0 Å². The Kier molecular flexibility index (Phi) is 5.04. The third-order valence-electron chi connectivity index (χ3n) is 6.56. The van der Waals surface area contributed by atoms with Gasteiger partial charge in [0.05, 0.1) is 19.2 Å². The van der Waals surface area contributed by atoms with Gasteiger partial charge in [-0.1, -0.05) is 19.1 Å². The van der Waals surface area contributed by atoms with Crippen molar-refractivity contribution in [2.24, 2.45) is 7.05 Å². The quantitative estimate of drug-likeness (QED) is 0.553. The Labute approximate surface area is 187 Å². The number of amides is 1. The number of aryl methyl sites for hydroxylation is 1. The van der Waals surface area contributed by atoms with E-state index >= 15 is 0 Å². The molecule has 1 saturated carbocycles. The fourth-order valence-electron chi connectivity index (χ4n) is 4.52. The summed E-state index contributed by atoms with van der Waals surface area (Å²) < 4.78 is 6.85. The predicted octanol–water partition coefficient (Wildman–Crippen LogP) is 3.99. The zero-order valence-electron chi connectivity index (χ0n) is 18.5. The zero-order chi connectivity index (χ0) is 22.4. The molecule has 3 aromatic rings. The van der Waals surface area contributed by atoms with Gasteiger partial charge in [0.1, 0.15) is 12.2 Å². The molecule has 32 heavy (non-hydrogen) atoms. The minimum Gasteiger partial charge on any atom is -0.465 e. The van der Waals surface area contributed by atoms with Gasteiger partial charge < -0.3 is 14.2 Å². The van der Waals surface area contributed by atoms with E-state index in [0.29, 0.717) is 23.6 Å². The number of nitrogens with zero attached hydrogens (tertiary/aromatic N) is 4. The van der Waals surface area contributed by atoms with Gasteiger partial charge in [-0.3, -0.25) is 4.79 Å². The molecule has 2 heterocycles. The molecule has 0 spiro atoms. The third kappa shape index (κ3) is 3.57. The molecule has 0 unspecified atom stereocenters. The summed E-state index contributed by atoms with van der Waals surface area (Å²) in [5, 5.41) is 8.15. The van der Waals surface area contributed by atoms with E-state index in [4.69, 9.17) is 4.74 Å². The summed E-state index contributed by atoms with van der Waals surface area (Å²) in [5.74, 6) is 1.12. The summed E-state index contributed by atoms with van der Waals surface area (Å²) in [4.78, 5) is 27.4. The summed E-state index contributed by atoms with van der Waals surface area (Å²) in [6, 6.07) is 11.7. The first-order valence-corrected chi connectivity index (χ1v) is 11.0. The average molecular weight is 431 g/mol. The molecular weight excluding hydrogens is 404 g/mol. The number of carbonyl (C=O) groups excluding carboxylic acids is 2. The van der Waals surface area contributed by atoms with Crippen LogP contribution in [0.4, 0.5) is 5.69 Å². The van der Waals surface area contributed by atoms with Crippen molar-refractivity contribution in [3.8, 4) is 0 Å². The second-order valence-corrected chi connectivity index (χ2v) is 8.81. The number of hydrogen-bond donors (Lipinski definition) is 0. The van der Waals surface area contributed by atoms with Gasteiger partial charge in [0.25, 0.3) is 5.91 Å². The second-order valence-electron chi connectivity index (χ2n) is 8.81. The predicted molar refractivity (Wildman–Crippen MR) is 120 cm³/mol. The molecule has 1 aliphatic carbocycles. The minimum absolute atomic E-state index is 0.0641. The van der Waals surface area contributed by atoms with Crippen LogP contribution in [0.3, 0.4) is 0 Å². The molecule has 7 nitrogen and oxygen atoms in total. The molecule has 1 aliphatic heterocycles. The van der Waals surface area contributed by atoms with Gasteiger partial charge in [-0.2, -0.15) is 0 Å². The molecule has 5 rings (SSSR count). The molecule has 1 atom stereocenters. The molecule has 2 aliphatic rings. The minimum atomic E-state index is -0.402. The average Bonchev–Trinajstić information content (AvgIpc) is 3.50. The van der Waals surface area contributed by atoms with E-state index in [-0.39, 0.29) is 11.8 Å². The Balaban J connectivity index is 1.45. The Morgan fingerprint density at radius 1 is 1.25 bits per heavy atom. The number of anilines is 1. The van der Waals surface area contributed by atoms with Crippen LogP contribution in [-0.2, 0) is 24.8 Å². The van der Waals surface area contributed by atoms with Crippen molar-refractivity contribution in [2.45, 2.75) is 44.6 Å². The maximum absolute atomic E-state index is 13.4. The van der Waals surface area contributed by atoms with Gasteiger partial charge in [0, 0.05) is 24.7 Å². The van der Waals surface area contributed by atoms with Crippen LogP contribution in [0.1, 0.15) is 74.8 Å². The zero-order valence-corrected chi connectivity index (χ0v) is 18.5. The Morgan fingerprint density at radius 2 is 2.06 bits per heavy atom. The van der Waals surface area contributed by atoms with E-state index in [1.807, 2.05) is 34.7 Å². The second kappa shape index (κ2) is 7.89. The van der Waals surface area contributed by atoms with E-state index in [2.05, 4.69) is 29.3 Å². The molecule has 0 saturated heterocycles. The highest BCUT2D eigenvalue weighted by molar-refractivity contribution is 6.11. The molecule has 1 amide bonds. The summed E-state index contributed by atoms with van der Waals surface area (Å²) in [6.07, 6.45) is 4.67. The lowest BCUT2D eigenvalue weighted by molar-refractivity contribution is 0.0600. The molecule has 1 fully saturated rings. The van der Waals surface area contributed by atoms with Crippen molar-refractivity contribution in [1.29, 1.82) is 0 Å². The van der Waals surface area contributed by atoms with E-state index in [1.54, 1.807) is 12.4 Å². The van der Waals surface area contributed by atoms with Crippen molar-refractivity contribution < 1.29 is 14.3 Å². The topological polar surface area (TPSA) is 77.3 Å². The SMILES string of the molecule is COC(=O)c1cc2c(c(C3CC3)c1)CN(c1cccc([C@H](C)Cc3nncn3C)c1)C2=O. The molecule has 0 N–H and O–H groups in total. The van der Waals surface area contributed by atoms with Crippen LogP contribution < -0.4 is 4.90 Å².